The number of aliphatic carboxylic acids is 1. The van der Waals surface area contributed by atoms with Gasteiger partial charge in [-0.2, -0.15) is 0 Å². The normalized spacial score (nSPS) is 22.4. The Kier molecular flexibility index (Phi) is 4.36. The van der Waals surface area contributed by atoms with Crippen molar-refractivity contribution in [2.45, 2.75) is 44.7 Å². The van der Waals surface area contributed by atoms with Crippen molar-refractivity contribution in [2.24, 2.45) is 7.05 Å². The molecule has 5 heteroatoms. The topological polar surface area (TPSA) is 58.4 Å². The van der Waals surface area contributed by atoms with Crippen molar-refractivity contribution in [2.75, 3.05) is 6.54 Å². The maximum absolute atomic E-state index is 11.4. The first kappa shape index (κ1) is 13.1. The Bertz CT molecular complexity index is 403. The second kappa shape index (κ2) is 6.00. The zero-order chi connectivity index (χ0) is 13.0. The van der Waals surface area contributed by atoms with E-state index in [1.54, 1.807) is 6.20 Å². The van der Waals surface area contributed by atoms with Gasteiger partial charge in [0.05, 0.1) is 6.54 Å². The molecular formula is C13H21N3O2. The fourth-order valence-corrected chi connectivity index (χ4v) is 2.54. The van der Waals surface area contributed by atoms with Crippen molar-refractivity contribution < 1.29 is 9.90 Å². The molecular weight excluding hydrogens is 230 g/mol. The van der Waals surface area contributed by atoms with E-state index in [0.29, 0.717) is 6.54 Å². The monoisotopic (exact) mass is 251 g/mol. The lowest BCUT2D eigenvalue weighted by Crippen LogP contribution is -2.42. The fraction of sp³-hybridized carbons (Fsp3) is 0.692. The van der Waals surface area contributed by atoms with E-state index in [0.717, 1.165) is 38.1 Å². The first-order valence-electron chi connectivity index (χ1n) is 6.61. The molecule has 2 rings (SSSR count). The first-order chi connectivity index (χ1) is 8.68. The minimum atomic E-state index is -0.703. The highest BCUT2D eigenvalue weighted by Gasteiger charge is 2.26. The Balaban J connectivity index is 2.09. The molecule has 0 saturated carbocycles. The zero-order valence-electron chi connectivity index (χ0n) is 10.9. The van der Waals surface area contributed by atoms with Gasteiger partial charge in [0.2, 0.25) is 0 Å². The molecule has 1 N–H and O–H groups in total. The van der Waals surface area contributed by atoms with Gasteiger partial charge in [-0.25, -0.2) is 4.98 Å². The molecule has 5 nitrogen and oxygen atoms in total. The Morgan fingerprint density at radius 2 is 2.22 bits per heavy atom. The van der Waals surface area contributed by atoms with Crippen LogP contribution in [0, 0.1) is 0 Å². The molecule has 0 aliphatic carbocycles. The number of carboxylic acids is 1. The van der Waals surface area contributed by atoms with E-state index in [-0.39, 0.29) is 6.04 Å². The van der Waals surface area contributed by atoms with Crippen LogP contribution in [0.3, 0.4) is 0 Å². The molecule has 1 aromatic rings. The molecule has 1 aromatic heterocycles. The van der Waals surface area contributed by atoms with Crippen molar-refractivity contribution in [1.29, 1.82) is 0 Å². The minimum absolute atomic E-state index is 0.359. The van der Waals surface area contributed by atoms with E-state index in [1.807, 2.05) is 17.8 Å². The van der Waals surface area contributed by atoms with Crippen molar-refractivity contribution in [3.8, 4) is 0 Å². The van der Waals surface area contributed by atoms with Crippen LogP contribution >= 0.6 is 0 Å². The first-order valence-corrected chi connectivity index (χ1v) is 6.61. The smallest absolute Gasteiger partial charge is 0.320 e. The van der Waals surface area contributed by atoms with Crippen molar-refractivity contribution >= 4 is 5.97 Å². The average Bonchev–Trinajstić information content (AvgIpc) is 2.68. The third-order valence-corrected chi connectivity index (χ3v) is 3.66. The third-order valence-electron chi connectivity index (χ3n) is 3.66. The van der Waals surface area contributed by atoms with Gasteiger partial charge in [-0.3, -0.25) is 9.69 Å². The van der Waals surface area contributed by atoms with E-state index in [1.165, 1.54) is 6.42 Å². The van der Waals surface area contributed by atoms with Gasteiger partial charge in [0.25, 0.3) is 0 Å². The molecule has 2 heterocycles. The van der Waals surface area contributed by atoms with Crippen molar-refractivity contribution in [3.05, 3.63) is 18.2 Å². The van der Waals surface area contributed by atoms with Gasteiger partial charge in [-0.15, -0.1) is 0 Å². The van der Waals surface area contributed by atoms with E-state index >= 15 is 0 Å². The highest BCUT2D eigenvalue weighted by Crippen LogP contribution is 2.18. The number of rotatable bonds is 3. The number of likely N-dealkylation sites (tertiary alicyclic amines) is 1. The third kappa shape index (κ3) is 3.10. The van der Waals surface area contributed by atoms with Crippen molar-refractivity contribution in [3.63, 3.8) is 0 Å². The zero-order valence-corrected chi connectivity index (χ0v) is 10.9. The predicted molar refractivity (Wildman–Crippen MR) is 68.1 cm³/mol. The van der Waals surface area contributed by atoms with Gasteiger partial charge in [0.1, 0.15) is 11.9 Å². The van der Waals surface area contributed by atoms with Crippen LogP contribution in [-0.4, -0.2) is 38.1 Å². The maximum atomic E-state index is 11.4. The van der Waals surface area contributed by atoms with Crippen LogP contribution in [0.5, 0.6) is 0 Å². The van der Waals surface area contributed by atoms with Crippen LogP contribution in [0.4, 0.5) is 0 Å². The average molecular weight is 251 g/mol. The number of carbonyl (C=O) groups is 1. The van der Waals surface area contributed by atoms with Gasteiger partial charge in [0, 0.05) is 19.4 Å². The van der Waals surface area contributed by atoms with Crippen LogP contribution in [-0.2, 0) is 18.4 Å². The Labute approximate surface area is 107 Å². The SMILES string of the molecule is Cn1ccnc1CN1CCCCCCC1C(=O)O. The lowest BCUT2D eigenvalue weighted by Gasteiger charge is -2.30. The van der Waals surface area contributed by atoms with Gasteiger partial charge >= 0.3 is 5.97 Å². The summed E-state index contributed by atoms with van der Waals surface area (Å²) in [5.41, 5.74) is 0. The number of aromatic nitrogens is 2. The summed E-state index contributed by atoms with van der Waals surface area (Å²) < 4.78 is 1.96. The number of hydrogen-bond acceptors (Lipinski definition) is 3. The van der Waals surface area contributed by atoms with E-state index < -0.39 is 5.97 Å². The lowest BCUT2D eigenvalue weighted by molar-refractivity contribution is -0.144. The molecule has 0 aromatic carbocycles. The second-order valence-corrected chi connectivity index (χ2v) is 4.98. The molecule has 0 spiro atoms. The molecule has 1 unspecified atom stereocenters. The number of imidazole rings is 1. The van der Waals surface area contributed by atoms with Crippen LogP contribution in [0.1, 0.15) is 37.9 Å². The highest BCUT2D eigenvalue weighted by molar-refractivity contribution is 5.73. The molecule has 1 fully saturated rings. The molecule has 1 atom stereocenters. The van der Waals surface area contributed by atoms with Crippen LogP contribution in [0.15, 0.2) is 12.4 Å². The Morgan fingerprint density at radius 1 is 1.44 bits per heavy atom. The fourth-order valence-electron chi connectivity index (χ4n) is 2.54. The quantitative estimate of drug-likeness (QED) is 0.887. The summed E-state index contributed by atoms with van der Waals surface area (Å²) in [5, 5.41) is 9.35. The summed E-state index contributed by atoms with van der Waals surface area (Å²) >= 11 is 0. The summed E-state index contributed by atoms with van der Waals surface area (Å²) in [5.74, 6) is 0.230. The number of hydrogen-bond donors (Lipinski definition) is 1. The molecule has 18 heavy (non-hydrogen) atoms. The molecule has 1 aliphatic heterocycles. The maximum Gasteiger partial charge on any atom is 0.320 e. The van der Waals surface area contributed by atoms with E-state index in [4.69, 9.17) is 0 Å². The van der Waals surface area contributed by atoms with Gasteiger partial charge in [0.15, 0.2) is 0 Å². The van der Waals surface area contributed by atoms with E-state index in [2.05, 4.69) is 9.88 Å². The Morgan fingerprint density at radius 3 is 2.89 bits per heavy atom. The molecule has 100 valence electrons. The summed E-state index contributed by atoms with van der Waals surface area (Å²) in [6.45, 7) is 1.48. The van der Waals surface area contributed by atoms with Crippen LogP contribution in [0.25, 0.3) is 0 Å². The number of aryl methyl sites for hydroxylation is 1. The molecule has 0 amide bonds. The molecule has 0 radical (unpaired) electrons. The Hall–Kier alpha value is -1.36. The summed E-state index contributed by atoms with van der Waals surface area (Å²) in [6.07, 6.45) is 8.84. The summed E-state index contributed by atoms with van der Waals surface area (Å²) in [6, 6.07) is -0.359. The standard InChI is InChI=1S/C13H21N3O2/c1-15-9-7-14-12(15)10-16-8-5-3-2-4-6-11(16)13(17)18/h7,9,11H,2-6,8,10H2,1H3,(H,17,18). The molecule has 1 aliphatic rings. The minimum Gasteiger partial charge on any atom is -0.480 e. The van der Waals surface area contributed by atoms with Gasteiger partial charge in [-0.05, 0) is 19.4 Å². The van der Waals surface area contributed by atoms with Crippen LogP contribution in [0.2, 0.25) is 0 Å². The second-order valence-electron chi connectivity index (χ2n) is 4.98. The number of nitrogens with zero attached hydrogens (tertiary/aromatic N) is 3. The van der Waals surface area contributed by atoms with E-state index in [9.17, 15) is 9.90 Å². The lowest BCUT2D eigenvalue weighted by atomic mass is 10.0. The van der Waals surface area contributed by atoms with Crippen molar-refractivity contribution in [1.82, 2.24) is 14.5 Å². The molecule has 0 bridgehead atoms. The highest BCUT2D eigenvalue weighted by atomic mass is 16.4. The number of carboxylic acid groups (broad SMARTS) is 1. The van der Waals surface area contributed by atoms with Gasteiger partial charge < -0.3 is 9.67 Å². The summed E-state index contributed by atoms with van der Waals surface area (Å²) in [4.78, 5) is 17.7. The van der Waals surface area contributed by atoms with Gasteiger partial charge in [-0.1, -0.05) is 19.3 Å². The predicted octanol–water partition coefficient (Wildman–Crippen LogP) is 1.64. The summed E-state index contributed by atoms with van der Waals surface area (Å²) in [7, 11) is 1.95. The largest absolute Gasteiger partial charge is 0.480 e. The molecule has 1 saturated heterocycles. The van der Waals surface area contributed by atoms with Crippen LogP contribution < -0.4 is 0 Å².